The van der Waals surface area contributed by atoms with Gasteiger partial charge in [0.25, 0.3) is 5.91 Å². The molecule has 1 fully saturated rings. The minimum atomic E-state index is -3.81. The van der Waals surface area contributed by atoms with E-state index in [2.05, 4.69) is 15.5 Å². The van der Waals surface area contributed by atoms with Crippen LogP contribution in [0.4, 0.5) is 11.4 Å². The van der Waals surface area contributed by atoms with Crippen molar-refractivity contribution in [2.75, 3.05) is 51.0 Å². The highest BCUT2D eigenvalue weighted by Gasteiger charge is 2.30. The summed E-state index contributed by atoms with van der Waals surface area (Å²) in [7, 11) is -0.473. The van der Waals surface area contributed by atoms with Crippen molar-refractivity contribution in [1.82, 2.24) is 9.21 Å². The Balaban J connectivity index is 1.82. The number of carbonyl (C=O) groups excluding carboxylic acids is 2. The number of methoxy groups -OCH3 is 1. The molecule has 1 aliphatic rings. The summed E-state index contributed by atoms with van der Waals surface area (Å²) in [5, 5.41) is 5.38. The number of nitrogens with zero attached hydrogens (tertiary/aromatic N) is 2. The van der Waals surface area contributed by atoms with Gasteiger partial charge in [-0.1, -0.05) is 0 Å². The van der Waals surface area contributed by atoms with Crippen LogP contribution in [0.1, 0.15) is 17.3 Å². The average Bonchev–Trinajstić information content (AvgIpc) is 2.74. The molecule has 3 rings (SSSR count). The Morgan fingerprint density at radius 2 is 1.52 bits per heavy atom. The highest BCUT2D eigenvalue weighted by atomic mass is 32.2. The number of ether oxygens (including phenoxy) is 1. The van der Waals surface area contributed by atoms with Crippen LogP contribution in [0.2, 0.25) is 0 Å². The van der Waals surface area contributed by atoms with Crippen molar-refractivity contribution in [3.05, 3.63) is 48.0 Å². The number of benzene rings is 2. The van der Waals surface area contributed by atoms with Crippen LogP contribution in [0.5, 0.6) is 5.75 Å². The topological polar surface area (TPSA) is 108 Å². The Labute approximate surface area is 182 Å². The Hall–Kier alpha value is -2.95. The minimum Gasteiger partial charge on any atom is -0.495 e. The molecule has 2 N–H and O–H groups in total. The van der Waals surface area contributed by atoms with E-state index in [0.717, 1.165) is 0 Å². The van der Waals surface area contributed by atoms with E-state index in [0.29, 0.717) is 37.6 Å². The molecular formula is C21H26N4O5S. The van der Waals surface area contributed by atoms with Crippen LogP contribution in [0, 0.1) is 0 Å². The van der Waals surface area contributed by atoms with Crippen molar-refractivity contribution in [2.45, 2.75) is 11.8 Å². The van der Waals surface area contributed by atoms with Gasteiger partial charge in [0.2, 0.25) is 15.9 Å². The van der Waals surface area contributed by atoms with Gasteiger partial charge >= 0.3 is 0 Å². The smallest absolute Gasteiger partial charge is 0.255 e. The maximum atomic E-state index is 13.2. The van der Waals surface area contributed by atoms with Crippen LogP contribution in [0.25, 0.3) is 0 Å². The number of anilines is 2. The van der Waals surface area contributed by atoms with E-state index in [4.69, 9.17) is 4.74 Å². The van der Waals surface area contributed by atoms with Gasteiger partial charge in [-0.05, 0) is 49.5 Å². The van der Waals surface area contributed by atoms with Crippen LogP contribution >= 0.6 is 0 Å². The van der Waals surface area contributed by atoms with Gasteiger partial charge in [-0.15, -0.1) is 0 Å². The van der Waals surface area contributed by atoms with E-state index in [1.807, 2.05) is 7.05 Å². The summed E-state index contributed by atoms with van der Waals surface area (Å²) in [4.78, 5) is 25.9. The van der Waals surface area contributed by atoms with Crippen LogP contribution < -0.4 is 15.4 Å². The number of carbonyl (C=O) groups is 2. The zero-order valence-electron chi connectivity index (χ0n) is 17.7. The van der Waals surface area contributed by atoms with E-state index in [-0.39, 0.29) is 22.1 Å². The highest BCUT2D eigenvalue weighted by Crippen LogP contribution is 2.29. The number of nitrogens with one attached hydrogen (secondary N) is 2. The molecule has 0 aliphatic carbocycles. The molecule has 31 heavy (non-hydrogen) atoms. The van der Waals surface area contributed by atoms with E-state index in [1.165, 1.54) is 36.5 Å². The van der Waals surface area contributed by atoms with Gasteiger partial charge < -0.3 is 20.3 Å². The fraction of sp³-hybridized carbons (Fsp3) is 0.333. The summed E-state index contributed by atoms with van der Waals surface area (Å²) < 4.78 is 33.1. The number of piperazine rings is 1. The van der Waals surface area contributed by atoms with Gasteiger partial charge in [0, 0.05) is 50.0 Å². The van der Waals surface area contributed by atoms with Crippen molar-refractivity contribution in [3.8, 4) is 5.75 Å². The molecule has 10 heteroatoms. The summed E-state index contributed by atoms with van der Waals surface area (Å²) in [5.41, 5.74) is 1.31. The van der Waals surface area contributed by atoms with Crippen molar-refractivity contribution in [2.24, 2.45) is 0 Å². The summed E-state index contributed by atoms with van der Waals surface area (Å²) >= 11 is 0. The lowest BCUT2D eigenvalue weighted by Crippen LogP contribution is -2.47. The van der Waals surface area contributed by atoms with Crippen molar-refractivity contribution in [3.63, 3.8) is 0 Å². The van der Waals surface area contributed by atoms with Gasteiger partial charge in [0.15, 0.2) is 0 Å². The van der Waals surface area contributed by atoms with E-state index in [9.17, 15) is 18.0 Å². The molecule has 0 radical (unpaired) electrons. The maximum absolute atomic E-state index is 13.2. The van der Waals surface area contributed by atoms with Crippen LogP contribution in [0.3, 0.4) is 0 Å². The predicted molar refractivity (Wildman–Crippen MR) is 118 cm³/mol. The number of sulfonamides is 1. The molecule has 0 unspecified atom stereocenters. The summed E-state index contributed by atoms with van der Waals surface area (Å²) in [6, 6.07) is 11.0. The van der Waals surface area contributed by atoms with Crippen LogP contribution in [-0.4, -0.2) is 69.8 Å². The molecule has 2 amide bonds. The van der Waals surface area contributed by atoms with Crippen molar-refractivity contribution < 1.29 is 22.7 Å². The first kappa shape index (κ1) is 22.7. The predicted octanol–water partition coefficient (Wildman–Crippen LogP) is 1.84. The van der Waals surface area contributed by atoms with Crippen LogP contribution in [-0.2, 0) is 14.8 Å². The number of hydrogen-bond donors (Lipinski definition) is 2. The molecule has 0 spiro atoms. The molecule has 9 nitrogen and oxygen atoms in total. The molecule has 0 aromatic heterocycles. The van der Waals surface area contributed by atoms with Gasteiger partial charge in [0.05, 0.1) is 7.11 Å². The Bertz CT molecular complexity index is 1060. The maximum Gasteiger partial charge on any atom is 0.255 e. The number of amides is 2. The van der Waals surface area contributed by atoms with E-state index in [1.54, 1.807) is 24.3 Å². The normalized spacial score (nSPS) is 15.3. The molecule has 0 atom stereocenters. The average molecular weight is 447 g/mol. The minimum absolute atomic E-state index is 0.0341. The third-order valence-electron chi connectivity index (χ3n) is 4.97. The zero-order valence-corrected chi connectivity index (χ0v) is 18.5. The summed E-state index contributed by atoms with van der Waals surface area (Å²) in [5.74, 6) is -0.455. The van der Waals surface area contributed by atoms with E-state index >= 15 is 0 Å². The first-order valence-electron chi connectivity index (χ1n) is 9.76. The third-order valence-corrected chi connectivity index (χ3v) is 6.89. The van der Waals surface area contributed by atoms with Gasteiger partial charge in [0.1, 0.15) is 10.6 Å². The number of hydrogen-bond acceptors (Lipinski definition) is 6. The molecule has 1 aliphatic heterocycles. The second-order valence-corrected chi connectivity index (χ2v) is 9.19. The second-order valence-electron chi connectivity index (χ2n) is 7.29. The van der Waals surface area contributed by atoms with Crippen LogP contribution in [0.15, 0.2) is 47.4 Å². The Morgan fingerprint density at radius 3 is 2.06 bits per heavy atom. The molecule has 166 valence electrons. The fourth-order valence-electron chi connectivity index (χ4n) is 3.23. The Kier molecular flexibility index (Phi) is 6.94. The SMILES string of the molecule is COc1ccc(C(=O)Nc2ccc(NC(C)=O)cc2)cc1S(=O)(=O)N1CCN(C)CC1. The monoisotopic (exact) mass is 446 g/mol. The quantitative estimate of drug-likeness (QED) is 0.701. The molecule has 2 aromatic carbocycles. The molecule has 0 saturated carbocycles. The summed E-state index contributed by atoms with van der Waals surface area (Å²) in [6.07, 6.45) is 0. The van der Waals surface area contributed by atoms with Gasteiger partial charge in [-0.3, -0.25) is 9.59 Å². The van der Waals surface area contributed by atoms with Crippen molar-refractivity contribution in [1.29, 1.82) is 0 Å². The lowest BCUT2D eigenvalue weighted by atomic mass is 10.2. The van der Waals surface area contributed by atoms with Gasteiger partial charge in [-0.25, -0.2) is 8.42 Å². The van der Waals surface area contributed by atoms with Crippen molar-refractivity contribution >= 4 is 33.2 Å². The Morgan fingerprint density at radius 1 is 0.935 bits per heavy atom. The fourth-order valence-corrected chi connectivity index (χ4v) is 4.83. The standard InChI is InChI=1S/C21H26N4O5S/c1-15(26)22-17-5-7-18(8-6-17)23-21(27)16-4-9-19(30-3)20(14-16)31(28,29)25-12-10-24(2)11-13-25/h4-9,14H,10-13H2,1-3H3,(H,22,26)(H,23,27). The lowest BCUT2D eigenvalue weighted by molar-refractivity contribution is -0.114. The first-order valence-corrected chi connectivity index (χ1v) is 11.2. The zero-order chi connectivity index (χ0) is 22.6. The number of rotatable bonds is 6. The largest absolute Gasteiger partial charge is 0.495 e. The van der Waals surface area contributed by atoms with E-state index < -0.39 is 15.9 Å². The second kappa shape index (κ2) is 9.46. The lowest BCUT2D eigenvalue weighted by Gasteiger charge is -2.31. The first-order chi connectivity index (χ1) is 14.7. The highest BCUT2D eigenvalue weighted by molar-refractivity contribution is 7.89. The third kappa shape index (κ3) is 5.40. The molecule has 0 bridgehead atoms. The molecule has 2 aromatic rings. The van der Waals surface area contributed by atoms with Gasteiger partial charge in [-0.2, -0.15) is 4.31 Å². The molecule has 1 heterocycles. The molecular weight excluding hydrogens is 420 g/mol. The molecule has 1 saturated heterocycles. The summed E-state index contributed by atoms with van der Waals surface area (Å²) in [6.45, 7) is 3.43. The number of likely N-dealkylation sites (N-methyl/N-ethyl adjacent to an activating group) is 1.